The first kappa shape index (κ1) is 12.2. The van der Waals surface area contributed by atoms with Crippen molar-refractivity contribution in [2.45, 2.75) is 38.5 Å². The minimum Gasteiger partial charge on any atom is -0.391 e. The lowest BCUT2D eigenvalue weighted by atomic mass is 10.2. The van der Waals surface area contributed by atoms with Gasteiger partial charge in [0, 0.05) is 19.0 Å². The summed E-state index contributed by atoms with van der Waals surface area (Å²) in [7, 11) is 0. The van der Waals surface area contributed by atoms with Gasteiger partial charge in [-0.05, 0) is 12.8 Å². The number of ether oxygens (including phenoxy) is 1. The number of β-amino-alcohol motifs (C(OH)–C–C–N with tert-alkyl or cyclic N) is 1. The van der Waals surface area contributed by atoms with Crippen LogP contribution in [0.15, 0.2) is 0 Å². The second-order valence-corrected chi connectivity index (χ2v) is 4.08. The number of unbranched alkanes of at least 4 members (excludes halogenated alkanes) is 1. The fourth-order valence-electron chi connectivity index (χ4n) is 1.73. The topological polar surface area (TPSA) is 32.7 Å². The van der Waals surface area contributed by atoms with Gasteiger partial charge in [-0.15, -0.1) is 11.6 Å². The van der Waals surface area contributed by atoms with Crippen molar-refractivity contribution in [1.82, 2.24) is 4.90 Å². The average Bonchev–Trinajstić information content (AvgIpc) is 2.62. The molecular weight excluding hydrogens is 202 g/mol. The molecule has 1 aliphatic rings. The number of aliphatic hydroxyl groups excluding tert-OH is 1. The van der Waals surface area contributed by atoms with Crippen LogP contribution in [0, 0.1) is 0 Å². The van der Waals surface area contributed by atoms with Crippen LogP contribution < -0.4 is 0 Å². The van der Waals surface area contributed by atoms with Gasteiger partial charge in [-0.3, -0.25) is 4.90 Å². The molecule has 2 unspecified atom stereocenters. The quantitative estimate of drug-likeness (QED) is 0.689. The van der Waals surface area contributed by atoms with Gasteiger partial charge in [0.25, 0.3) is 0 Å². The van der Waals surface area contributed by atoms with Gasteiger partial charge in [0.2, 0.25) is 0 Å². The summed E-state index contributed by atoms with van der Waals surface area (Å²) in [5.74, 6) is 0.303. The van der Waals surface area contributed by atoms with Gasteiger partial charge in [0.15, 0.2) is 0 Å². The summed E-state index contributed by atoms with van der Waals surface area (Å²) in [6, 6.07) is 0. The van der Waals surface area contributed by atoms with E-state index in [4.69, 9.17) is 16.3 Å². The molecule has 0 aromatic rings. The number of rotatable bonds is 6. The zero-order valence-electron chi connectivity index (χ0n) is 8.79. The van der Waals surface area contributed by atoms with Crippen LogP contribution in [0.4, 0.5) is 0 Å². The molecule has 14 heavy (non-hydrogen) atoms. The minimum atomic E-state index is -0.428. The Labute approximate surface area is 91.0 Å². The summed E-state index contributed by atoms with van der Waals surface area (Å²) in [6.45, 7) is 4.51. The van der Waals surface area contributed by atoms with Crippen LogP contribution in [-0.2, 0) is 4.74 Å². The Bertz CT molecular complexity index is 157. The molecule has 0 aliphatic carbocycles. The molecule has 1 fully saturated rings. The fourth-order valence-corrected chi connectivity index (χ4v) is 1.83. The molecule has 0 aromatic carbocycles. The molecule has 1 aliphatic heterocycles. The predicted molar refractivity (Wildman–Crippen MR) is 57.6 cm³/mol. The molecule has 0 radical (unpaired) electrons. The van der Waals surface area contributed by atoms with Gasteiger partial charge < -0.3 is 9.84 Å². The van der Waals surface area contributed by atoms with E-state index >= 15 is 0 Å². The largest absolute Gasteiger partial charge is 0.391 e. The monoisotopic (exact) mass is 221 g/mol. The van der Waals surface area contributed by atoms with Crippen LogP contribution in [0.25, 0.3) is 0 Å². The third-order valence-electron chi connectivity index (χ3n) is 2.52. The first-order valence-corrected chi connectivity index (χ1v) is 5.91. The van der Waals surface area contributed by atoms with Gasteiger partial charge in [-0.1, -0.05) is 13.3 Å². The molecule has 84 valence electrons. The van der Waals surface area contributed by atoms with Crippen molar-refractivity contribution >= 4 is 11.6 Å². The highest BCUT2D eigenvalue weighted by Gasteiger charge is 2.25. The van der Waals surface area contributed by atoms with E-state index in [1.807, 2.05) is 0 Å². The molecule has 1 N–H and O–H groups in total. The van der Waals surface area contributed by atoms with Gasteiger partial charge in [-0.25, -0.2) is 0 Å². The summed E-state index contributed by atoms with van der Waals surface area (Å²) in [5.41, 5.74) is 0. The van der Waals surface area contributed by atoms with Crippen molar-refractivity contribution in [2.24, 2.45) is 0 Å². The molecule has 0 bridgehead atoms. The summed E-state index contributed by atoms with van der Waals surface area (Å²) in [5, 5.41) is 9.43. The van der Waals surface area contributed by atoms with Crippen LogP contribution >= 0.6 is 11.6 Å². The molecule has 1 rings (SSSR count). The van der Waals surface area contributed by atoms with E-state index in [0.29, 0.717) is 12.4 Å². The zero-order valence-corrected chi connectivity index (χ0v) is 9.54. The van der Waals surface area contributed by atoms with Crippen LogP contribution in [-0.4, -0.2) is 47.9 Å². The predicted octanol–water partition coefficient (Wildman–Crippen LogP) is 1.43. The van der Waals surface area contributed by atoms with E-state index < -0.39 is 6.10 Å². The van der Waals surface area contributed by atoms with Crippen molar-refractivity contribution < 1.29 is 9.84 Å². The first-order valence-electron chi connectivity index (χ1n) is 5.37. The van der Waals surface area contributed by atoms with Gasteiger partial charge in [-0.2, -0.15) is 0 Å². The van der Waals surface area contributed by atoms with Gasteiger partial charge >= 0.3 is 0 Å². The third-order valence-corrected chi connectivity index (χ3v) is 2.88. The van der Waals surface area contributed by atoms with E-state index in [-0.39, 0.29) is 6.23 Å². The van der Waals surface area contributed by atoms with Crippen molar-refractivity contribution in [3.05, 3.63) is 0 Å². The Morgan fingerprint density at radius 2 is 2.43 bits per heavy atom. The van der Waals surface area contributed by atoms with E-state index in [1.165, 1.54) is 12.8 Å². The molecule has 0 aromatic heterocycles. The molecule has 0 spiro atoms. The van der Waals surface area contributed by atoms with Crippen LogP contribution in [0.1, 0.15) is 26.2 Å². The van der Waals surface area contributed by atoms with Crippen LogP contribution in [0.2, 0.25) is 0 Å². The van der Waals surface area contributed by atoms with Gasteiger partial charge in [0.05, 0.1) is 12.7 Å². The summed E-state index contributed by atoms with van der Waals surface area (Å²) >= 11 is 5.56. The van der Waals surface area contributed by atoms with E-state index in [0.717, 1.165) is 19.6 Å². The number of nitrogens with zero attached hydrogens (tertiary/aromatic N) is 1. The lowest BCUT2D eigenvalue weighted by Crippen LogP contribution is -2.37. The molecule has 3 nitrogen and oxygen atoms in total. The number of alkyl halides is 1. The maximum atomic E-state index is 9.43. The van der Waals surface area contributed by atoms with Crippen LogP contribution in [0.5, 0.6) is 0 Å². The molecule has 0 saturated carbocycles. The van der Waals surface area contributed by atoms with Crippen molar-refractivity contribution in [3.63, 3.8) is 0 Å². The Balaban J connectivity index is 2.27. The van der Waals surface area contributed by atoms with Crippen LogP contribution in [0.3, 0.4) is 0 Å². The molecule has 1 saturated heterocycles. The zero-order chi connectivity index (χ0) is 10.4. The molecule has 2 atom stereocenters. The minimum absolute atomic E-state index is 0.202. The lowest BCUT2D eigenvalue weighted by molar-refractivity contribution is 0.00765. The van der Waals surface area contributed by atoms with Crippen molar-refractivity contribution in [3.8, 4) is 0 Å². The lowest BCUT2D eigenvalue weighted by Gasteiger charge is -2.24. The highest BCUT2D eigenvalue weighted by Crippen LogP contribution is 2.16. The second kappa shape index (κ2) is 6.62. The number of hydrogen-bond donors (Lipinski definition) is 1. The molecule has 0 amide bonds. The van der Waals surface area contributed by atoms with E-state index in [9.17, 15) is 5.11 Å². The number of hydrogen-bond acceptors (Lipinski definition) is 3. The second-order valence-electron chi connectivity index (χ2n) is 3.77. The van der Waals surface area contributed by atoms with E-state index in [2.05, 4.69) is 11.8 Å². The summed E-state index contributed by atoms with van der Waals surface area (Å²) < 4.78 is 5.58. The highest BCUT2D eigenvalue weighted by atomic mass is 35.5. The maximum Gasteiger partial charge on any atom is 0.110 e. The fraction of sp³-hybridized carbons (Fsp3) is 1.00. The third kappa shape index (κ3) is 3.73. The Hall–Kier alpha value is 0.170. The Kier molecular flexibility index (Phi) is 5.78. The summed E-state index contributed by atoms with van der Waals surface area (Å²) in [6.07, 6.45) is 3.20. The standard InChI is InChI=1S/C10H20ClNO2/c1-2-3-4-10-12(5-6-14-10)8-9(13)7-11/h9-10,13H,2-8H2,1H3. The Morgan fingerprint density at radius 3 is 3.07 bits per heavy atom. The molecule has 4 heteroatoms. The number of aliphatic hydroxyl groups is 1. The highest BCUT2D eigenvalue weighted by molar-refractivity contribution is 6.18. The first-order chi connectivity index (χ1) is 6.77. The summed E-state index contributed by atoms with van der Waals surface area (Å²) in [4.78, 5) is 2.18. The number of halogens is 1. The average molecular weight is 222 g/mol. The SMILES string of the molecule is CCCCC1OCCN1CC(O)CCl. The van der Waals surface area contributed by atoms with E-state index in [1.54, 1.807) is 0 Å². The van der Waals surface area contributed by atoms with Crippen molar-refractivity contribution in [1.29, 1.82) is 0 Å². The van der Waals surface area contributed by atoms with Gasteiger partial charge in [0.1, 0.15) is 6.23 Å². The smallest absolute Gasteiger partial charge is 0.110 e. The normalized spacial score (nSPS) is 25.5. The van der Waals surface area contributed by atoms with Crippen molar-refractivity contribution in [2.75, 3.05) is 25.6 Å². The maximum absolute atomic E-state index is 9.43. The molecular formula is C10H20ClNO2. The molecule has 1 heterocycles. The Morgan fingerprint density at radius 1 is 1.64 bits per heavy atom.